The van der Waals surface area contributed by atoms with E-state index in [2.05, 4.69) is 10.3 Å². The second-order valence-corrected chi connectivity index (χ2v) is 7.10. The highest BCUT2D eigenvalue weighted by Crippen LogP contribution is 2.27. The van der Waals surface area contributed by atoms with Gasteiger partial charge in [0.25, 0.3) is 5.91 Å². The van der Waals surface area contributed by atoms with Gasteiger partial charge in [-0.1, -0.05) is 53.7 Å². The number of nitrogens with zero attached hydrogens (tertiary/aromatic N) is 4. The van der Waals surface area contributed by atoms with Crippen LogP contribution in [0.1, 0.15) is 34.9 Å². The van der Waals surface area contributed by atoms with Gasteiger partial charge in [-0.2, -0.15) is 0 Å². The van der Waals surface area contributed by atoms with E-state index in [9.17, 15) is 4.79 Å². The molecule has 0 aliphatic carbocycles. The summed E-state index contributed by atoms with van der Waals surface area (Å²) in [7, 11) is 0. The summed E-state index contributed by atoms with van der Waals surface area (Å²) in [4.78, 5) is 15.1. The lowest BCUT2D eigenvalue weighted by Crippen LogP contribution is -2.39. The summed E-state index contributed by atoms with van der Waals surface area (Å²) in [5, 5.41) is 17.3. The summed E-state index contributed by atoms with van der Waals surface area (Å²) in [6, 6.07) is 18.1. The maximum absolute atomic E-state index is 13.2. The van der Waals surface area contributed by atoms with E-state index >= 15 is 0 Å². The Morgan fingerprint density at radius 2 is 1.75 bits per heavy atom. The molecule has 144 valence electrons. The third kappa shape index (κ3) is 3.82. The van der Waals surface area contributed by atoms with E-state index in [0.717, 1.165) is 35.2 Å². The van der Waals surface area contributed by atoms with Crippen LogP contribution >= 0.6 is 0 Å². The maximum atomic E-state index is 13.2. The summed E-state index contributed by atoms with van der Waals surface area (Å²) >= 11 is 0. The predicted octanol–water partition coefficient (Wildman–Crippen LogP) is 2.96. The molecule has 1 amide bonds. The summed E-state index contributed by atoms with van der Waals surface area (Å²) in [5.74, 6) is 0.0810. The Morgan fingerprint density at radius 3 is 2.50 bits per heavy atom. The molecule has 0 spiro atoms. The van der Waals surface area contributed by atoms with Crippen LogP contribution in [0.2, 0.25) is 0 Å². The Hall–Kier alpha value is -2.99. The summed E-state index contributed by atoms with van der Waals surface area (Å²) in [5.41, 5.74) is 3.58. The molecule has 6 nitrogen and oxygen atoms in total. The number of rotatable bonds is 5. The van der Waals surface area contributed by atoms with E-state index in [4.69, 9.17) is 5.11 Å². The quantitative estimate of drug-likeness (QED) is 0.743. The molecule has 1 fully saturated rings. The average Bonchev–Trinajstić information content (AvgIpc) is 3.23. The van der Waals surface area contributed by atoms with Gasteiger partial charge in [0, 0.05) is 37.9 Å². The average molecular weight is 376 g/mol. The first kappa shape index (κ1) is 18.4. The number of benzene rings is 2. The molecule has 0 atom stereocenters. The highest BCUT2D eigenvalue weighted by atomic mass is 16.3. The first-order valence-corrected chi connectivity index (χ1v) is 9.71. The Kier molecular flexibility index (Phi) is 5.48. The molecule has 3 aromatic rings. The molecule has 6 heteroatoms. The number of hydrogen-bond donors (Lipinski definition) is 1. The molecule has 1 N–H and O–H groups in total. The number of carbonyl (C=O) groups excluding carboxylic acids is 1. The number of aliphatic hydroxyl groups excluding tert-OH is 1. The molecule has 0 unspecified atom stereocenters. The number of carbonyl (C=O) groups is 1. The van der Waals surface area contributed by atoms with Gasteiger partial charge in [0.2, 0.25) is 0 Å². The van der Waals surface area contributed by atoms with Gasteiger partial charge in [0.15, 0.2) is 0 Å². The van der Waals surface area contributed by atoms with Crippen LogP contribution in [-0.4, -0.2) is 50.6 Å². The first-order valence-electron chi connectivity index (χ1n) is 9.71. The van der Waals surface area contributed by atoms with E-state index in [1.165, 1.54) is 0 Å². The third-order valence-corrected chi connectivity index (χ3v) is 5.29. The Morgan fingerprint density at radius 1 is 1.04 bits per heavy atom. The van der Waals surface area contributed by atoms with Crippen molar-refractivity contribution in [1.29, 1.82) is 0 Å². The van der Waals surface area contributed by atoms with Crippen molar-refractivity contribution in [3.63, 3.8) is 0 Å². The predicted molar refractivity (Wildman–Crippen MR) is 107 cm³/mol. The minimum Gasteiger partial charge on any atom is -0.396 e. The number of likely N-dealkylation sites (tertiary alicyclic amines) is 1. The van der Waals surface area contributed by atoms with Gasteiger partial charge >= 0.3 is 0 Å². The van der Waals surface area contributed by atoms with Crippen LogP contribution in [0.25, 0.3) is 11.1 Å². The van der Waals surface area contributed by atoms with Crippen LogP contribution in [-0.2, 0) is 6.42 Å². The minimum absolute atomic E-state index is 0.0759. The van der Waals surface area contributed by atoms with Crippen LogP contribution in [0.4, 0.5) is 0 Å². The fraction of sp³-hybridized carbons (Fsp3) is 0.318. The van der Waals surface area contributed by atoms with Crippen LogP contribution < -0.4 is 0 Å². The lowest BCUT2D eigenvalue weighted by atomic mass is 9.97. The standard InChI is InChI=1S/C22H24N4O2/c27-15-12-18-16-26(24-23-18)19-10-13-25(14-11-19)22(28)21-9-5-4-8-20(21)17-6-2-1-3-7-17/h1-9,16,19,27H,10-15H2. The molecule has 1 aliphatic rings. The van der Waals surface area contributed by atoms with Crippen molar-refractivity contribution >= 4 is 5.91 Å². The van der Waals surface area contributed by atoms with E-state index in [0.29, 0.717) is 19.5 Å². The normalized spacial score (nSPS) is 15.0. The Balaban J connectivity index is 1.46. The molecular weight excluding hydrogens is 352 g/mol. The van der Waals surface area contributed by atoms with Crippen LogP contribution in [0, 0.1) is 0 Å². The molecule has 1 aliphatic heterocycles. The zero-order valence-electron chi connectivity index (χ0n) is 15.7. The molecule has 0 radical (unpaired) electrons. The number of aromatic nitrogens is 3. The first-order chi connectivity index (χ1) is 13.8. The van der Waals surface area contributed by atoms with Crippen molar-refractivity contribution < 1.29 is 9.90 Å². The topological polar surface area (TPSA) is 71.2 Å². The van der Waals surface area contributed by atoms with Gasteiger partial charge in [-0.15, -0.1) is 5.10 Å². The van der Waals surface area contributed by atoms with Gasteiger partial charge in [-0.25, -0.2) is 4.68 Å². The fourth-order valence-electron chi connectivity index (χ4n) is 3.76. The van der Waals surface area contributed by atoms with Gasteiger partial charge in [-0.3, -0.25) is 4.79 Å². The molecule has 2 heterocycles. The number of piperidine rings is 1. The highest BCUT2D eigenvalue weighted by Gasteiger charge is 2.26. The van der Waals surface area contributed by atoms with E-state index in [-0.39, 0.29) is 18.6 Å². The van der Waals surface area contributed by atoms with Crippen molar-refractivity contribution in [3.05, 3.63) is 72.1 Å². The number of hydrogen-bond acceptors (Lipinski definition) is 4. The highest BCUT2D eigenvalue weighted by molar-refractivity contribution is 6.00. The number of amides is 1. The maximum Gasteiger partial charge on any atom is 0.254 e. The lowest BCUT2D eigenvalue weighted by molar-refractivity contribution is 0.0690. The second-order valence-electron chi connectivity index (χ2n) is 7.10. The molecule has 2 aromatic carbocycles. The van der Waals surface area contributed by atoms with Crippen molar-refractivity contribution in [1.82, 2.24) is 19.9 Å². The van der Waals surface area contributed by atoms with Crippen LogP contribution in [0.15, 0.2) is 60.8 Å². The van der Waals surface area contributed by atoms with Gasteiger partial charge in [0.05, 0.1) is 11.7 Å². The molecule has 0 saturated carbocycles. The Bertz CT molecular complexity index is 930. The summed E-state index contributed by atoms with van der Waals surface area (Å²) in [6.07, 6.45) is 4.12. The minimum atomic E-state index is 0.0759. The van der Waals surface area contributed by atoms with Crippen molar-refractivity contribution in [2.24, 2.45) is 0 Å². The molecular formula is C22H24N4O2. The van der Waals surface area contributed by atoms with Crippen molar-refractivity contribution in [2.75, 3.05) is 19.7 Å². The fourth-order valence-corrected chi connectivity index (χ4v) is 3.76. The second kappa shape index (κ2) is 8.35. The molecule has 28 heavy (non-hydrogen) atoms. The largest absolute Gasteiger partial charge is 0.396 e. The number of aliphatic hydroxyl groups is 1. The Labute approximate surface area is 164 Å². The van der Waals surface area contributed by atoms with Gasteiger partial charge < -0.3 is 10.0 Å². The molecule has 0 bridgehead atoms. The van der Waals surface area contributed by atoms with Crippen LogP contribution in [0.3, 0.4) is 0 Å². The SMILES string of the molecule is O=C(c1ccccc1-c1ccccc1)N1CCC(n2cc(CCO)nn2)CC1. The lowest BCUT2D eigenvalue weighted by Gasteiger charge is -2.32. The van der Waals surface area contributed by atoms with Crippen molar-refractivity contribution in [3.8, 4) is 11.1 Å². The van der Waals surface area contributed by atoms with Crippen molar-refractivity contribution in [2.45, 2.75) is 25.3 Å². The summed E-state index contributed by atoms with van der Waals surface area (Å²) < 4.78 is 1.88. The smallest absolute Gasteiger partial charge is 0.254 e. The van der Waals surface area contributed by atoms with Gasteiger partial charge in [0.1, 0.15) is 0 Å². The third-order valence-electron chi connectivity index (χ3n) is 5.29. The van der Waals surface area contributed by atoms with E-state index in [1.807, 2.05) is 70.4 Å². The summed E-state index contributed by atoms with van der Waals surface area (Å²) in [6.45, 7) is 1.47. The monoisotopic (exact) mass is 376 g/mol. The molecule has 1 saturated heterocycles. The van der Waals surface area contributed by atoms with E-state index in [1.54, 1.807) is 0 Å². The molecule has 1 aromatic heterocycles. The van der Waals surface area contributed by atoms with Crippen LogP contribution in [0.5, 0.6) is 0 Å². The van der Waals surface area contributed by atoms with E-state index < -0.39 is 0 Å². The van der Waals surface area contributed by atoms with Gasteiger partial charge in [-0.05, 0) is 30.0 Å². The molecule has 4 rings (SSSR count). The zero-order chi connectivity index (χ0) is 19.3. The zero-order valence-corrected chi connectivity index (χ0v) is 15.7.